The Labute approximate surface area is 185 Å². The van der Waals surface area contributed by atoms with E-state index in [0.717, 1.165) is 11.4 Å². The summed E-state index contributed by atoms with van der Waals surface area (Å²) in [6.07, 6.45) is 4.75. The smallest absolute Gasteiger partial charge is 0.193 e. The summed E-state index contributed by atoms with van der Waals surface area (Å²) in [5.74, 6) is 1.77. The molecule has 0 unspecified atom stereocenters. The number of carbonyl (C=O) groups is 1. The van der Waals surface area contributed by atoms with Crippen molar-refractivity contribution in [2.45, 2.75) is 31.3 Å². The molecule has 0 atom stereocenters. The Morgan fingerprint density at radius 2 is 1.94 bits per heavy atom. The summed E-state index contributed by atoms with van der Waals surface area (Å²) in [7, 11) is 1.57. The van der Waals surface area contributed by atoms with Crippen LogP contribution in [0.3, 0.4) is 0 Å². The molecule has 5 rings (SSSR count). The highest BCUT2D eigenvalue weighted by Crippen LogP contribution is 2.46. The average molecular weight is 428 g/mol. The predicted octanol–water partition coefficient (Wildman–Crippen LogP) is 3.85. The molecule has 0 amide bonds. The third kappa shape index (κ3) is 3.31. The van der Waals surface area contributed by atoms with Gasteiger partial charge in [0.05, 0.1) is 12.7 Å². The Morgan fingerprint density at radius 3 is 2.62 bits per heavy atom. The minimum Gasteiger partial charge on any atom is -0.496 e. The van der Waals surface area contributed by atoms with Crippen LogP contribution in [0, 0.1) is 0 Å². The molecule has 0 radical (unpaired) electrons. The molecule has 7 heteroatoms. The quantitative estimate of drug-likeness (QED) is 0.468. The van der Waals surface area contributed by atoms with Gasteiger partial charge in [-0.3, -0.25) is 9.20 Å². The standard InChI is InChI=1S/C25H24N4O3/c1-25(31)13-17(14-25)24-28-20(21-23(26)27-10-11-29(21)24)18-9-8-16(12-19(18)32-2)22(30)15-6-4-3-5-7-15/h3-12,17,31H,13-14H2,1-2H3,(H2,26,27)/t17-,25-. The number of hydrogen-bond acceptors (Lipinski definition) is 6. The van der Waals surface area contributed by atoms with E-state index in [1.54, 1.807) is 37.6 Å². The topological polar surface area (TPSA) is 103 Å². The van der Waals surface area contributed by atoms with Crippen LogP contribution in [-0.4, -0.2) is 38.0 Å². The maximum Gasteiger partial charge on any atom is 0.193 e. The molecular weight excluding hydrogens is 404 g/mol. The van der Waals surface area contributed by atoms with Gasteiger partial charge in [0.1, 0.15) is 28.6 Å². The predicted molar refractivity (Wildman–Crippen MR) is 122 cm³/mol. The molecule has 1 fully saturated rings. The van der Waals surface area contributed by atoms with Crippen LogP contribution in [0.5, 0.6) is 5.75 Å². The third-order valence-electron chi connectivity index (χ3n) is 6.10. The van der Waals surface area contributed by atoms with E-state index in [1.165, 1.54) is 0 Å². The first-order valence-corrected chi connectivity index (χ1v) is 10.5. The Kier molecular flexibility index (Phi) is 4.71. The van der Waals surface area contributed by atoms with E-state index in [2.05, 4.69) is 4.98 Å². The lowest BCUT2D eigenvalue weighted by molar-refractivity contribution is -0.0335. The van der Waals surface area contributed by atoms with E-state index < -0.39 is 5.60 Å². The van der Waals surface area contributed by atoms with Gasteiger partial charge >= 0.3 is 0 Å². The Bertz CT molecular complexity index is 1320. The van der Waals surface area contributed by atoms with Crippen molar-refractivity contribution in [1.29, 1.82) is 0 Å². The zero-order chi connectivity index (χ0) is 22.5. The first kappa shape index (κ1) is 20.2. The van der Waals surface area contributed by atoms with Crippen LogP contribution >= 0.6 is 0 Å². The van der Waals surface area contributed by atoms with Gasteiger partial charge in [0.2, 0.25) is 0 Å². The first-order chi connectivity index (χ1) is 15.4. The van der Waals surface area contributed by atoms with E-state index in [4.69, 9.17) is 15.5 Å². The molecule has 4 aromatic rings. The second-order valence-corrected chi connectivity index (χ2v) is 8.56. The van der Waals surface area contributed by atoms with Crippen molar-refractivity contribution in [2.75, 3.05) is 12.8 Å². The lowest BCUT2D eigenvalue weighted by Gasteiger charge is -2.40. The van der Waals surface area contributed by atoms with Gasteiger partial charge in [-0.25, -0.2) is 9.97 Å². The second-order valence-electron chi connectivity index (χ2n) is 8.56. The average Bonchev–Trinajstić information content (AvgIpc) is 3.17. The molecule has 1 aliphatic rings. The molecule has 2 heterocycles. The minimum absolute atomic E-state index is 0.0799. The number of carbonyl (C=O) groups excluding carboxylic acids is 1. The number of ketones is 1. The van der Waals surface area contributed by atoms with Crippen molar-refractivity contribution in [2.24, 2.45) is 0 Å². The van der Waals surface area contributed by atoms with Gasteiger partial charge in [0, 0.05) is 35.0 Å². The molecule has 162 valence electrons. The SMILES string of the molecule is COc1cc(C(=O)c2ccccc2)ccc1-c1nc([C@H]2C[C@](C)(O)C2)n2ccnc(N)c12. The van der Waals surface area contributed by atoms with Crippen molar-refractivity contribution in [3.05, 3.63) is 77.9 Å². The normalized spacial score (nSPS) is 20.2. The molecule has 32 heavy (non-hydrogen) atoms. The number of fused-ring (bicyclic) bond motifs is 1. The number of nitrogens with two attached hydrogens (primary N) is 1. The largest absolute Gasteiger partial charge is 0.496 e. The maximum absolute atomic E-state index is 12.9. The number of nitrogens with zero attached hydrogens (tertiary/aromatic N) is 3. The summed E-state index contributed by atoms with van der Waals surface area (Å²) in [6, 6.07) is 14.5. The number of aliphatic hydroxyl groups is 1. The van der Waals surface area contributed by atoms with Gasteiger partial charge in [-0.15, -0.1) is 0 Å². The van der Waals surface area contributed by atoms with Crippen LogP contribution in [0.2, 0.25) is 0 Å². The lowest BCUT2D eigenvalue weighted by atomic mass is 9.72. The summed E-state index contributed by atoms with van der Waals surface area (Å²) in [5.41, 5.74) is 8.78. The molecule has 7 nitrogen and oxygen atoms in total. The number of methoxy groups -OCH3 is 1. The van der Waals surface area contributed by atoms with Gasteiger partial charge in [0.15, 0.2) is 5.78 Å². The molecular formula is C25H24N4O3. The first-order valence-electron chi connectivity index (χ1n) is 10.5. The maximum atomic E-state index is 12.9. The van der Waals surface area contributed by atoms with Gasteiger partial charge in [-0.2, -0.15) is 0 Å². The highest BCUT2D eigenvalue weighted by atomic mass is 16.5. The Balaban J connectivity index is 1.62. The lowest BCUT2D eigenvalue weighted by Crippen LogP contribution is -2.40. The number of benzene rings is 2. The zero-order valence-electron chi connectivity index (χ0n) is 17.9. The minimum atomic E-state index is -0.674. The molecule has 3 N–H and O–H groups in total. The highest BCUT2D eigenvalue weighted by molar-refractivity contribution is 6.09. The van der Waals surface area contributed by atoms with Crippen LogP contribution in [0.1, 0.15) is 47.4 Å². The molecule has 0 aliphatic heterocycles. The number of ether oxygens (including phenoxy) is 1. The zero-order valence-corrected chi connectivity index (χ0v) is 17.9. The van der Waals surface area contributed by atoms with E-state index >= 15 is 0 Å². The summed E-state index contributed by atoms with van der Waals surface area (Å²) in [6.45, 7) is 1.83. The molecule has 2 aromatic heterocycles. The van der Waals surface area contributed by atoms with Crippen LogP contribution in [-0.2, 0) is 0 Å². The monoisotopic (exact) mass is 428 g/mol. The number of aromatic nitrogens is 3. The third-order valence-corrected chi connectivity index (χ3v) is 6.10. The van der Waals surface area contributed by atoms with Crippen molar-refractivity contribution >= 4 is 17.1 Å². The molecule has 1 aliphatic carbocycles. The van der Waals surface area contributed by atoms with Crippen LogP contribution in [0.4, 0.5) is 5.82 Å². The molecule has 2 aromatic carbocycles. The van der Waals surface area contributed by atoms with Gasteiger partial charge in [0.25, 0.3) is 0 Å². The summed E-state index contributed by atoms with van der Waals surface area (Å²) in [4.78, 5) is 22.1. The highest BCUT2D eigenvalue weighted by Gasteiger charge is 2.42. The Hall–Kier alpha value is -3.71. The van der Waals surface area contributed by atoms with Gasteiger partial charge in [-0.1, -0.05) is 36.4 Å². The van der Waals surface area contributed by atoms with E-state index in [1.807, 2.05) is 41.8 Å². The van der Waals surface area contributed by atoms with Crippen molar-refractivity contribution < 1.29 is 14.6 Å². The van der Waals surface area contributed by atoms with E-state index in [-0.39, 0.29) is 11.7 Å². The number of hydrogen-bond donors (Lipinski definition) is 2. The fraction of sp³-hybridized carbons (Fsp3) is 0.240. The number of imidazole rings is 1. The van der Waals surface area contributed by atoms with Crippen LogP contribution in [0.15, 0.2) is 60.9 Å². The number of anilines is 1. The van der Waals surface area contributed by atoms with E-state index in [9.17, 15) is 9.90 Å². The summed E-state index contributed by atoms with van der Waals surface area (Å²) in [5, 5.41) is 10.2. The number of rotatable bonds is 5. The summed E-state index contributed by atoms with van der Waals surface area (Å²) < 4.78 is 7.60. The van der Waals surface area contributed by atoms with E-state index in [0.29, 0.717) is 46.7 Å². The van der Waals surface area contributed by atoms with Crippen molar-refractivity contribution in [3.63, 3.8) is 0 Å². The van der Waals surface area contributed by atoms with Crippen molar-refractivity contribution in [3.8, 4) is 17.0 Å². The van der Waals surface area contributed by atoms with Crippen molar-refractivity contribution in [1.82, 2.24) is 14.4 Å². The summed E-state index contributed by atoms with van der Waals surface area (Å²) >= 11 is 0. The second kappa shape index (κ2) is 7.46. The molecule has 0 bridgehead atoms. The fourth-order valence-electron chi connectivity index (χ4n) is 4.53. The number of nitrogen functional groups attached to an aromatic ring is 1. The molecule has 0 saturated heterocycles. The fourth-order valence-corrected chi connectivity index (χ4v) is 4.53. The Morgan fingerprint density at radius 1 is 1.19 bits per heavy atom. The molecule has 1 saturated carbocycles. The van der Waals surface area contributed by atoms with Gasteiger partial charge in [-0.05, 0) is 31.9 Å². The van der Waals surface area contributed by atoms with Gasteiger partial charge < -0.3 is 15.6 Å². The van der Waals surface area contributed by atoms with Crippen LogP contribution < -0.4 is 10.5 Å². The molecule has 0 spiro atoms. The van der Waals surface area contributed by atoms with Crippen LogP contribution in [0.25, 0.3) is 16.8 Å².